The van der Waals surface area contributed by atoms with E-state index in [-0.39, 0.29) is 17.1 Å². The monoisotopic (exact) mass is 511 g/mol. The molecule has 176 valence electrons. The van der Waals surface area contributed by atoms with Crippen LogP contribution in [0, 0.1) is 5.82 Å². The lowest BCUT2D eigenvalue weighted by molar-refractivity contribution is -0.120. The minimum absolute atomic E-state index is 0.134. The van der Waals surface area contributed by atoms with Crippen molar-refractivity contribution >= 4 is 44.7 Å². The predicted octanol–water partition coefficient (Wildman–Crippen LogP) is 3.72. The zero-order chi connectivity index (χ0) is 23.9. The fourth-order valence-corrected chi connectivity index (χ4v) is 6.50. The minimum atomic E-state index is -3.90. The van der Waals surface area contributed by atoms with Crippen LogP contribution in [0.25, 0.3) is 11.1 Å². The third-order valence-corrected chi connectivity index (χ3v) is 8.84. The third-order valence-electron chi connectivity index (χ3n) is 5.57. The lowest BCUT2D eigenvalue weighted by Gasteiger charge is -2.35. The van der Waals surface area contributed by atoms with E-state index >= 15 is 0 Å². The number of benzene rings is 1. The number of hydrogen-bond donors (Lipinski definition) is 2. The third kappa shape index (κ3) is 4.82. The zero-order valence-corrected chi connectivity index (χ0v) is 20.6. The van der Waals surface area contributed by atoms with Gasteiger partial charge in [0.2, 0.25) is 5.91 Å². The molecule has 0 bridgehead atoms. The van der Waals surface area contributed by atoms with Crippen molar-refractivity contribution in [1.29, 1.82) is 0 Å². The van der Waals surface area contributed by atoms with E-state index in [9.17, 15) is 17.6 Å². The quantitative estimate of drug-likeness (QED) is 0.545. The number of nitrogens with zero attached hydrogens (tertiary/aromatic N) is 3. The van der Waals surface area contributed by atoms with Crippen LogP contribution in [0.2, 0.25) is 5.02 Å². The molecule has 1 aromatic carbocycles. The minimum Gasteiger partial charge on any atom is -0.325 e. The van der Waals surface area contributed by atoms with Gasteiger partial charge in [-0.05, 0) is 42.7 Å². The van der Waals surface area contributed by atoms with Crippen LogP contribution in [-0.2, 0) is 28.5 Å². The Hall–Kier alpha value is -2.31. The Morgan fingerprint density at radius 2 is 2.12 bits per heavy atom. The SMILES string of the molecule is CCc1sc([C@@H]2C[C@H](C(=O)Nc3ccc(F)c(Cl)c3)N(C)S(=O)(=O)N2)cc1-c1cnn(C)c1. The van der Waals surface area contributed by atoms with Crippen molar-refractivity contribution in [2.75, 3.05) is 12.4 Å². The van der Waals surface area contributed by atoms with Gasteiger partial charge in [0.25, 0.3) is 10.2 Å². The van der Waals surface area contributed by atoms with E-state index in [2.05, 4.69) is 15.1 Å². The summed E-state index contributed by atoms with van der Waals surface area (Å²) in [4.78, 5) is 14.9. The van der Waals surface area contributed by atoms with Gasteiger partial charge >= 0.3 is 0 Å². The molecule has 12 heteroatoms. The highest BCUT2D eigenvalue weighted by Gasteiger charge is 2.41. The first-order chi connectivity index (χ1) is 15.6. The van der Waals surface area contributed by atoms with Crippen LogP contribution in [0.1, 0.15) is 29.1 Å². The summed E-state index contributed by atoms with van der Waals surface area (Å²) in [6, 6.07) is 4.24. The number of aromatic nitrogens is 2. The molecule has 2 aromatic heterocycles. The standard InChI is InChI=1S/C21H23ClFN5O3S2/c1-4-19-14(12-10-24-27(2)11-12)8-20(32-19)17-9-18(28(3)33(30,31)26-17)21(29)25-13-5-6-16(23)15(22)7-13/h5-8,10-11,17-18,26H,4,9H2,1-3H3,(H,25,29)/t17-,18+/m0/s1. The average Bonchev–Trinajstić information content (AvgIpc) is 3.38. The summed E-state index contributed by atoms with van der Waals surface area (Å²) in [7, 11) is -0.711. The second-order valence-electron chi connectivity index (χ2n) is 7.80. The van der Waals surface area contributed by atoms with Crippen molar-refractivity contribution in [2.24, 2.45) is 7.05 Å². The first-order valence-corrected chi connectivity index (χ1v) is 12.8. The molecular weight excluding hydrogens is 489 g/mol. The fourth-order valence-electron chi connectivity index (χ4n) is 3.78. The van der Waals surface area contributed by atoms with Crippen molar-refractivity contribution in [2.45, 2.75) is 31.8 Å². The molecule has 4 rings (SSSR count). The maximum atomic E-state index is 13.4. The van der Waals surface area contributed by atoms with Crippen LogP contribution in [0.15, 0.2) is 36.7 Å². The van der Waals surface area contributed by atoms with Crippen LogP contribution in [0.3, 0.4) is 0 Å². The van der Waals surface area contributed by atoms with Crippen LogP contribution in [-0.4, -0.2) is 41.5 Å². The maximum Gasteiger partial charge on any atom is 0.280 e. The summed E-state index contributed by atoms with van der Waals surface area (Å²) in [5, 5.41) is 6.74. The number of carbonyl (C=O) groups excluding carboxylic acids is 1. The van der Waals surface area contributed by atoms with Gasteiger partial charge in [-0.1, -0.05) is 18.5 Å². The molecule has 33 heavy (non-hydrogen) atoms. The Bertz CT molecular complexity index is 1310. The summed E-state index contributed by atoms with van der Waals surface area (Å²) in [5.74, 6) is -1.12. The smallest absolute Gasteiger partial charge is 0.280 e. The number of hydrogen-bond acceptors (Lipinski definition) is 5. The number of anilines is 1. The lowest BCUT2D eigenvalue weighted by atomic mass is 10.0. The Kier molecular flexibility index (Phi) is 6.61. The van der Waals surface area contributed by atoms with Gasteiger partial charge in [0.1, 0.15) is 11.9 Å². The van der Waals surface area contributed by atoms with Crippen molar-refractivity contribution in [3.05, 3.63) is 57.3 Å². The molecule has 3 aromatic rings. The molecule has 1 aliphatic rings. The summed E-state index contributed by atoms with van der Waals surface area (Å²) in [5.41, 5.74) is 2.25. The molecule has 3 heterocycles. The van der Waals surface area contributed by atoms with Crippen molar-refractivity contribution in [1.82, 2.24) is 18.8 Å². The number of nitrogens with one attached hydrogen (secondary N) is 2. The normalized spacial score (nSPS) is 20.6. The molecule has 0 spiro atoms. The molecule has 1 saturated heterocycles. The largest absolute Gasteiger partial charge is 0.325 e. The van der Waals surface area contributed by atoms with E-state index in [1.807, 2.05) is 26.2 Å². The Morgan fingerprint density at radius 1 is 1.36 bits per heavy atom. The van der Waals surface area contributed by atoms with Gasteiger partial charge in [-0.15, -0.1) is 11.3 Å². The van der Waals surface area contributed by atoms with Gasteiger partial charge < -0.3 is 5.32 Å². The van der Waals surface area contributed by atoms with E-state index in [0.29, 0.717) is 0 Å². The highest BCUT2D eigenvalue weighted by molar-refractivity contribution is 7.87. The summed E-state index contributed by atoms with van der Waals surface area (Å²) in [6.07, 6.45) is 4.69. The van der Waals surface area contributed by atoms with E-state index in [0.717, 1.165) is 37.7 Å². The average molecular weight is 512 g/mol. The molecular formula is C21H23ClFN5O3S2. The van der Waals surface area contributed by atoms with Gasteiger partial charge in [-0.2, -0.15) is 22.5 Å². The summed E-state index contributed by atoms with van der Waals surface area (Å²) in [6.45, 7) is 2.04. The van der Waals surface area contributed by atoms with E-state index in [1.54, 1.807) is 10.9 Å². The van der Waals surface area contributed by atoms with Gasteiger partial charge in [0, 0.05) is 41.3 Å². The molecule has 2 N–H and O–H groups in total. The lowest BCUT2D eigenvalue weighted by Crippen LogP contribution is -2.55. The van der Waals surface area contributed by atoms with Gasteiger partial charge in [-0.25, -0.2) is 4.39 Å². The Labute approximate surface area is 200 Å². The summed E-state index contributed by atoms with van der Waals surface area (Å²) < 4.78 is 44.5. The van der Waals surface area contributed by atoms with E-state index < -0.39 is 34.0 Å². The molecule has 0 unspecified atom stereocenters. The number of aryl methyl sites for hydroxylation is 2. The molecule has 0 radical (unpaired) electrons. The number of carbonyl (C=O) groups is 1. The number of thiophene rings is 1. The van der Waals surface area contributed by atoms with Crippen molar-refractivity contribution in [3.63, 3.8) is 0 Å². The van der Waals surface area contributed by atoms with Crippen LogP contribution >= 0.6 is 22.9 Å². The molecule has 1 fully saturated rings. The zero-order valence-electron chi connectivity index (χ0n) is 18.2. The second kappa shape index (κ2) is 9.15. The molecule has 1 amide bonds. The van der Waals surface area contributed by atoms with Crippen molar-refractivity contribution < 1.29 is 17.6 Å². The summed E-state index contributed by atoms with van der Waals surface area (Å²) >= 11 is 7.32. The fraction of sp³-hybridized carbons (Fsp3) is 0.333. The van der Waals surface area contributed by atoms with Gasteiger partial charge in [0.15, 0.2) is 0 Å². The first-order valence-electron chi connectivity index (χ1n) is 10.2. The molecule has 0 aliphatic carbocycles. The predicted molar refractivity (Wildman–Crippen MR) is 127 cm³/mol. The molecule has 1 aliphatic heterocycles. The van der Waals surface area contributed by atoms with E-state index in [1.165, 1.54) is 30.5 Å². The van der Waals surface area contributed by atoms with E-state index in [4.69, 9.17) is 11.6 Å². The maximum absolute atomic E-state index is 13.4. The highest BCUT2D eigenvalue weighted by Crippen LogP contribution is 2.38. The van der Waals surface area contributed by atoms with Gasteiger partial charge in [-0.3, -0.25) is 9.48 Å². The number of likely N-dealkylation sites (N-methyl/N-ethyl adjacent to an activating group) is 1. The molecule has 8 nitrogen and oxygen atoms in total. The Balaban J connectivity index is 1.62. The molecule has 0 saturated carbocycles. The number of amides is 1. The van der Waals surface area contributed by atoms with Crippen LogP contribution in [0.4, 0.5) is 10.1 Å². The van der Waals surface area contributed by atoms with Crippen LogP contribution in [0.5, 0.6) is 0 Å². The van der Waals surface area contributed by atoms with Crippen molar-refractivity contribution in [3.8, 4) is 11.1 Å². The molecule has 2 atom stereocenters. The van der Waals surface area contributed by atoms with Crippen LogP contribution < -0.4 is 10.0 Å². The number of halogens is 2. The first kappa shape index (κ1) is 23.8. The Morgan fingerprint density at radius 3 is 2.76 bits per heavy atom. The topological polar surface area (TPSA) is 96.3 Å². The van der Waals surface area contributed by atoms with Gasteiger partial charge in [0.05, 0.1) is 17.3 Å². The second-order valence-corrected chi connectivity index (χ2v) is 11.1. The number of rotatable bonds is 5. The highest BCUT2D eigenvalue weighted by atomic mass is 35.5.